The molecule has 0 unspecified atom stereocenters. The van der Waals surface area contributed by atoms with Crippen LogP contribution in [-0.2, 0) is 4.79 Å². The molecule has 0 bridgehead atoms. The highest BCUT2D eigenvalue weighted by molar-refractivity contribution is 5.99. The Morgan fingerprint density at radius 3 is 2.30 bits per heavy atom. The third kappa shape index (κ3) is 0.988. The van der Waals surface area contributed by atoms with Crippen molar-refractivity contribution in [3.8, 4) is 0 Å². The van der Waals surface area contributed by atoms with Gasteiger partial charge in [-0.3, -0.25) is 4.79 Å². The Morgan fingerprint density at radius 2 is 2.10 bits per heavy atom. The van der Waals surface area contributed by atoms with Crippen molar-refractivity contribution in [2.45, 2.75) is 6.92 Å². The Labute approximate surface area is 60.7 Å². The van der Waals surface area contributed by atoms with E-state index in [2.05, 4.69) is 5.32 Å². The summed E-state index contributed by atoms with van der Waals surface area (Å²) in [6.07, 6.45) is 0. The highest BCUT2D eigenvalue weighted by Crippen LogP contribution is 2.09. The van der Waals surface area contributed by atoms with Gasteiger partial charge in [0.25, 0.3) is 0 Å². The third-order valence-electron chi connectivity index (χ3n) is 1.64. The van der Waals surface area contributed by atoms with Crippen LogP contribution < -0.4 is 5.32 Å². The van der Waals surface area contributed by atoms with E-state index in [1.54, 1.807) is 0 Å². The van der Waals surface area contributed by atoms with Crippen LogP contribution >= 0.6 is 0 Å². The minimum atomic E-state index is 0.198. The van der Waals surface area contributed by atoms with Gasteiger partial charge in [0.2, 0.25) is 0 Å². The van der Waals surface area contributed by atoms with Gasteiger partial charge in [0, 0.05) is 19.7 Å². The lowest BCUT2D eigenvalue weighted by Crippen LogP contribution is -2.22. The van der Waals surface area contributed by atoms with Gasteiger partial charge in [0.05, 0.1) is 6.54 Å². The van der Waals surface area contributed by atoms with Crippen LogP contribution in [-0.4, -0.2) is 31.3 Å². The van der Waals surface area contributed by atoms with Crippen LogP contribution in [0.25, 0.3) is 0 Å². The lowest BCUT2D eigenvalue weighted by atomic mass is 10.2. The SMILES string of the molecule is CC1=C(N(C)C)NCC1=O. The second-order valence-corrected chi connectivity index (χ2v) is 2.64. The van der Waals surface area contributed by atoms with Gasteiger partial charge in [-0.25, -0.2) is 0 Å². The van der Waals surface area contributed by atoms with Crippen LogP contribution in [0.1, 0.15) is 6.92 Å². The number of ketones is 1. The zero-order chi connectivity index (χ0) is 7.72. The molecule has 0 aliphatic carbocycles. The van der Waals surface area contributed by atoms with Crippen molar-refractivity contribution in [3.05, 3.63) is 11.4 Å². The fraction of sp³-hybridized carbons (Fsp3) is 0.571. The summed E-state index contributed by atoms with van der Waals surface area (Å²) in [7, 11) is 3.84. The molecule has 10 heavy (non-hydrogen) atoms. The minimum Gasteiger partial charge on any atom is -0.364 e. The van der Waals surface area contributed by atoms with Crippen LogP contribution in [0.15, 0.2) is 11.4 Å². The van der Waals surface area contributed by atoms with Crippen molar-refractivity contribution in [3.63, 3.8) is 0 Å². The van der Waals surface area contributed by atoms with Gasteiger partial charge in [-0.1, -0.05) is 0 Å². The summed E-state index contributed by atoms with van der Waals surface area (Å²) >= 11 is 0. The molecule has 0 atom stereocenters. The fourth-order valence-electron chi connectivity index (χ4n) is 1.05. The normalized spacial score (nSPS) is 17.7. The topological polar surface area (TPSA) is 32.3 Å². The molecule has 56 valence electrons. The average molecular weight is 140 g/mol. The molecule has 0 radical (unpaired) electrons. The maximum atomic E-state index is 10.9. The van der Waals surface area contributed by atoms with E-state index in [1.807, 2.05) is 25.9 Å². The van der Waals surface area contributed by atoms with Crippen molar-refractivity contribution >= 4 is 5.78 Å². The van der Waals surface area contributed by atoms with E-state index in [0.717, 1.165) is 11.4 Å². The molecule has 0 aromatic carbocycles. The van der Waals surface area contributed by atoms with Gasteiger partial charge >= 0.3 is 0 Å². The van der Waals surface area contributed by atoms with Gasteiger partial charge in [-0.2, -0.15) is 0 Å². The maximum absolute atomic E-state index is 10.9. The minimum absolute atomic E-state index is 0.198. The molecule has 0 fully saturated rings. The van der Waals surface area contributed by atoms with Gasteiger partial charge in [-0.05, 0) is 6.92 Å². The van der Waals surface area contributed by atoms with Crippen molar-refractivity contribution < 1.29 is 4.79 Å². The zero-order valence-corrected chi connectivity index (χ0v) is 6.56. The van der Waals surface area contributed by atoms with Crippen molar-refractivity contribution in [2.24, 2.45) is 0 Å². The molecule has 3 nitrogen and oxygen atoms in total. The largest absolute Gasteiger partial charge is 0.364 e. The molecule has 0 saturated heterocycles. The molecule has 0 saturated carbocycles. The summed E-state index contributed by atoms with van der Waals surface area (Å²) in [6, 6.07) is 0. The Bertz CT molecular complexity index is 194. The number of nitrogens with one attached hydrogen (secondary N) is 1. The third-order valence-corrected chi connectivity index (χ3v) is 1.64. The monoisotopic (exact) mass is 140 g/mol. The number of Topliss-reactive ketones (excluding diaryl/α,β-unsaturated/α-hetero) is 1. The van der Waals surface area contributed by atoms with Gasteiger partial charge in [-0.15, -0.1) is 0 Å². The van der Waals surface area contributed by atoms with Crippen LogP contribution in [0.4, 0.5) is 0 Å². The lowest BCUT2D eigenvalue weighted by molar-refractivity contribution is -0.113. The second-order valence-electron chi connectivity index (χ2n) is 2.64. The summed E-state index contributed by atoms with van der Waals surface area (Å²) in [6.45, 7) is 2.30. The van der Waals surface area contributed by atoms with Crippen LogP contribution in [0, 0.1) is 0 Å². The first-order valence-electron chi connectivity index (χ1n) is 3.28. The molecular formula is C7H12N2O. The van der Waals surface area contributed by atoms with E-state index in [9.17, 15) is 4.79 Å². The summed E-state index contributed by atoms with van der Waals surface area (Å²) in [5.74, 6) is 1.15. The molecule has 1 aliphatic rings. The first-order valence-corrected chi connectivity index (χ1v) is 3.28. The number of hydrogen-bond donors (Lipinski definition) is 1. The van der Waals surface area contributed by atoms with E-state index < -0.39 is 0 Å². The highest BCUT2D eigenvalue weighted by atomic mass is 16.1. The number of hydrogen-bond acceptors (Lipinski definition) is 3. The number of carbonyl (C=O) groups is 1. The lowest BCUT2D eigenvalue weighted by Gasteiger charge is -2.14. The standard InChI is InChI=1S/C7H12N2O/c1-5-6(10)4-8-7(5)9(2)3/h8H,4H2,1-3H3. The van der Waals surface area contributed by atoms with E-state index in [0.29, 0.717) is 6.54 Å². The highest BCUT2D eigenvalue weighted by Gasteiger charge is 2.18. The number of rotatable bonds is 1. The molecule has 1 rings (SSSR count). The van der Waals surface area contributed by atoms with Gasteiger partial charge < -0.3 is 10.2 Å². The first kappa shape index (κ1) is 7.12. The summed E-state index contributed by atoms with van der Waals surface area (Å²) in [5.41, 5.74) is 0.838. The van der Waals surface area contributed by atoms with E-state index in [-0.39, 0.29) is 5.78 Å². The smallest absolute Gasteiger partial charge is 0.181 e. The molecule has 0 amide bonds. The Balaban J connectivity index is 2.85. The maximum Gasteiger partial charge on any atom is 0.181 e. The van der Waals surface area contributed by atoms with Crippen molar-refractivity contribution in [1.82, 2.24) is 10.2 Å². The summed E-state index contributed by atoms with van der Waals surface area (Å²) in [4.78, 5) is 12.9. The van der Waals surface area contributed by atoms with E-state index in [1.165, 1.54) is 0 Å². The second kappa shape index (κ2) is 2.33. The average Bonchev–Trinajstić information content (AvgIpc) is 2.14. The quantitative estimate of drug-likeness (QED) is 0.554. The Morgan fingerprint density at radius 1 is 1.50 bits per heavy atom. The number of carbonyl (C=O) groups excluding carboxylic acids is 1. The molecule has 0 spiro atoms. The molecule has 1 heterocycles. The summed E-state index contributed by atoms with van der Waals surface area (Å²) < 4.78 is 0. The van der Waals surface area contributed by atoms with Gasteiger partial charge in [0.1, 0.15) is 5.82 Å². The Hall–Kier alpha value is -0.990. The molecule has 1 aliphatic heterocycles. The summed E-state index contributed by atoms with van der Waals surface area (Å²) in [5, 5.41) is 3.01. The fourth-order valence-corrected chi connectivity index (χ4v) is 1.05. The van der Waals surface area contributed by atoms with Crippen molar-refractivity contribution in [1.29, 1.82) is 0 Å². The predicted molar refractivity (Wildman–Crippen MR) is 39.4 cm³/mol. The first-order chi connectivity index (χ1) is 4.63. The van der Waals surface area contributed by atoms with Gasteiger partial charge in [0.15, 0.2) is 5.78 Å². The van der Waals surface area contributed by atoms with E-state index >= 15 is 0 Å². The Kier molecular flexibility index (Phi) is 1.66. The van der Waals surface area contributed by atoms with Crippen molar-refractivity contribution in [2.75, 3.05) is 20.6 Å². The number of nitrogens with zero attached hydrogens (tertiary/aromatic N) is 1. The molecular weight excluding hydrogens is 128 g/mol. The van der Waals surface area contributed by atoms with E-state index in [4.69, 9.17) is 0 Å². The molecule has 0 aromatic heterocycles. The zero-order valence-electron chi connectivity index (χ0n) is 6.56. The van der Waals surface area contributed by atoms with Crippen LogP contribution in [0.3, 0.4) is 0 Å². The van der Waals surface area contributed by atoms with Crippen LogP contribution in [0.5, 0.6) is 0 Å². The molecule has 3 heteroatoms. The molecule has 1 N–H and O–H groups in total. The van der Waals surface area contributed by atoms with Crippen LogP contribution in [0.2, 0.25) is 0 Å². The predicted octanol–water partition coefficient (Wildman–Crippen LogP) is -0.0482. The molecule has 0 aromatic rings.